The molecule has 1 aromatic rings. The lowest BCUT2D eigenvalue weighted by Crippen LogP contribution is -1.93. The molecule has 0 aliphatic rings. The van der Waals surface area contributed by atoms with Crippen molar-refractivity contribution in [2.75, 3.05) is 0 Å². The zero-order valence-electron chi connectivity index (χ0n) is 15.3. The number of aromatic carboxylic acids is 1. The number of benzene rings is 1. The molecule has 1 rings (SSSR count). The van der Waals surface area contributed by atoms with Gasteiger partial charge in [0.2, 0.25) is 0 Å². The van der Waals surface area contributed by atoms with E-state index >= 15 is 0 Å². The summed E-state index contributed by atoms with van der Waals surface area (Å²) in [6.45, 7) is 0. The first-order chi connectivity index (χ1) is 14.3. The van der Waals surface area contributed by atoms with Gasteiger partial charge < -0.3 is 5.11 Å². The summed E-state index contributed by atoms with van der Waals surface area (Å²) in [5.41, 5.74) is 0.331. The summed E-state index contributed by atoms with van der Waals surface area (Å²) < 4.78 is 158. The van der Waals surface area contributed by atoms with Gasteiger partial charge in [-0.3, -0.25) is 45.5 Å². The Kier molecular flexibility index (Phi) is 22.8. The van der Waals surface area contributed by atoms with Gasteiger partial charge in [0.25, 0.3) is 0 Å². The first-order valence-corrected chi connectivity index (χ1v) is 13.1. The van der Waals surface area contributed by atoms with E-state index in [1.807, 2.05) is 0 Å². The Bertz CT molecular complexity index is 992. The lowest BCUT2D eigenvalue weighted by Gasteiger charge is -1.88. The summed E-state index contributed by atoms with van der Waals surface area (Å²) in [7, 11) is -23.3. The van der Waals surface area contributed by atoms with Crippen molar-refractivity contribution in [1.82, 2.24) is 0 Å². The molecule has 0 bridgehead atoms. The smallest absolute Gasteiger partial charge is 0.394 e. The van der Waals surface area contributed by atoms with Crippen molar-refractivity contribution in [1.29, 1.82) is 0 Å². The molecule has 0 aliphatic heterocycles. The minimum atomic E-state index is -4.67. The summed E-state index contributed by atoms with van der Waals surface area (Å²) in [5, 5.41) is 8.38. The number of hydrogen-bond acceptors (Lipinski definition) is 11. The lowest BCUT2D eigenvalue weighted by atomic mass is 10.2. The predicted octanol–water partition coefficient (Wildman–Crippen LogP) is -1.88. The van der Waals surface area contributed by atoms with Gasteiger partial charge >= 0.3 is 58.0 Å². The van der Waals surface area contributed by atoms with Crippen LogP contribution in [0.5, 0.6) is 0 Å². The summed E-state index contributed by atoms with van der Waals surface area (Å²) >= 11 is 0. The van der Waals surface area contributed by atoms with Gasteiger partial charge in [0.05, 0.1) is 5.56 Å². The van der Waals surface area contributed by atoms with Gasteiger partial charge in [-0.25, -0.2) is 4.79 Å². The van der Waals surface area contributed by atoms with E-state index in [2.05, 4.69) is 0 Å². The van der Waals surface area contributed by atoms with Crippen LogP contribution in [0, 0.1) is 0 Å². The van der Waals surface area contributed by atoms with Gasteiger partial charge in [-0.2, -0.15) is 42.1 Å². The molecule has 0 aromatic heterocycles. The first kappa shape index (κ1) is 42.2. The Hall–Kier alpha value is -1.96. The fourth-order valence-electron chi connectivity index (χ4n) is 0.581. The van der Waals surface area contributed by atoms with Gasteiger partial charge in [0, 0.05) is 0 Å². The standard InChI is InChI=1S/C7H6O2.5H2O4S/c8-7(9)6-4-2-1-3-5-6;5*1-5(2,3)4/h1-5H,(H,8,9);5*(H2,1,2,3,4). The molecule has 1 aromatic carbocycles. The van der Waals surface area contributed by atoms with Crippen molar-refractivity contribution in [3.05, 3.63) is 35.9 Å². The van der Waals surface area contributed by atoms with Crippen LogP contribution in [0.4, 0.5) is 0 Å². The molecule has 27 heteroatoms. The average molecular weight is 613 g/mol. The van der Waals surface area contributed by atoms with Crippen LogP contribution in [0.25, 0.3) is 0 Å². The van der Waals surface area contributed by atoms with E-state index in [9.17, 15) is 4.79 Å². The number of carboxylic acid groups (broad SMARTS) is 1. The quantitative estimate of drug-likeness (QED) is 0.154. The molecule has 0 saturated heterocycles. The van der Waals surface area contributed by atoms with Crippen molar-refractivity contribution in [3.8, 4) is 0 Å². The molecule has 0 atom stereocenters. The third-order valence-corrected chi connectivity index (χ3v) is 1.02. The summed E-state index contributed by atoms with van der Waals surface area (Å²) in [4.78, 5) is 10.2. The zero-order chi connectivity index (χ0) is 29.2. The molecule has 0 heterocycles. The van der Waals surface area contributed by atoms with Crippen LogP contribution < -0.4 is 0 Å². The van der Waals surface area contributed by atoms with E-state index < -0.39 is 58.0 Å². The molecule has 0 radical (unpaired) electrons. The van der Waals surface area contributed by atoms with E-state index in [0.29, 0.717) is 5.56 Å². The van der Waals surface area contributed by atoms with Crippen molar-refractivity contribution in [2.24, 2.45) is 0 Å². The van der Waals surface area contributed by atoms with Crippen molar-refractivity contribution in [2.45, 2.75) is 0 Å². The summed E-state index contributed by atoms with van der Waals surface area (Å²) in [6, 6.07) is 8.30. The number of carboxylic acids is 1. The van der Waals surface area contributed by atoms with Gasteiger partial charge in [-0.05, 0) is 12.1 Å². The number of hydrogen-bond donors (Lipinski definition) is 11. The molecule has 0 saturated carbocycles. The van der Waals surface area contributed by atoms with Crippen LogP contribution in [0.15, 0.2) is 30.3 Å². The van der Waals surface area contributed by atoms with Crippen LogP contribution in [-0.2, 0) is 52.0 Å². The molecule has 0 unspecified atom stereocenters. The van der Waals surface area contributed by atoms with E-state index in [1.165, 1.54) is 0 Å². The molecular weight excluding hydrogens is 596 g/mol. The maximum atomic E-state index is 10.2. The van der Waals surface area contributed by atoms with E-state index in [1.54, 1.807) is 30.3 Å². The van der Waals surface area contributed by atoms with Crippen molar-refractivity contribution in [3.63, 3.8) is 0 Å². The topological polar surface area (TPSA) is 410 Å². The Morgan fingerprint density at radius 2 is 0.588 bits per heavy atom. The Balaban J connectivity index is -0.000000101. The highest BCUT2D eigenvalue weighted by atomic mass is 32.3. The third-order valence-electron chi connectivity index (χ3n) is 1.02. The normalized spacial score (nSPS) is 10.9. The molecular formula is C7H16O22S5. The highest BCUT2D eigenvalue weighted by Crippen LogP contribution is 1.96. The number of carbonyl (C=O) groups is 1. The lowest BCUT2D eigenvalue weighted by molar-refractivity contribution is 0.0696. The predicted molar refractivity (Wildman–Crippen MR) is 104 cm³/mol. The van der Waals surface area contributed by atoms with Crippen LogP contribution in [0.2, 0.25) is 0 Å². The van der Waals surface area contributed by atoms with Crippen molar-refractivity contribution < 1.29 is 97.5 Å². The highest BCUT2D eigenvalue weighted by molar-refractivity contribution is 7.80. The largest absolute Gasteiger partial charge is 0.478 e. The van der Waals surface area contributed by atoms with Crippen LogP contribution >= 0.6 is 0 Å². The fraction of sp³-hybridized carbons (Fsp3) is 0. The zero-order valence-corrected chi connectivity index (χ0v) is 19.4. The highest BCUT2D eigenvalue weighted by Gasteiger charge is 1.96. The third kappa shape index (κ3) is 251. The minimum Gasteiger partial charge on any atom is -0.478 e. The van der Waals surface area contributed by atoms with Gasteiger partial charge in [0.15, 0.2) is 0 Å². The summed E-state index contributed by atoms with van der Waals surface area (Å²) in [6.07, 6.45) is 0. The second-order valence-corrected chi connectivity index (χ2v) is 8.39. The molecule has 22 nitrogen and oxygen atoms in total. The molecule has 0 fully saturated rings. The summed E-state index contributed by atoms with van der Waals surface area (Å²) in [5.74, 6) is -0.879. The van der Waals surface area contributed by atoms with Gasteiger partial charge in [-0.15, -0.1) is 0 Å². The van der Waals surface area contributed by atoms with E-state index in [0.717, 1.165) is 0 Å². The second-order valence-electron chi connectivity index (χ2n) is 3.91. The Labute approximate surface area is 191 Å². The molecule has 11 N–H and O–H groups in total. The van der Waals surface area contributed by atoms with Crippen LogP contribution in [0.3, 0.4) is 0 Å². The maximum absolute atomic E-state index is 10.2. The number of rotatable bonds is 1. The minimum absolute atomic E-state index is 0.331. The van der Waals surface area contributed by atoms with E-state index in [-0.39, 0.29) is 0 Å². The van der Waals surface area contributed by atoms with Crippen LogP contribution in [-0.4, -0.2) is 98.7 Å². The van der Waals surface area contributed by atoms with Gasteiger partial charge in [-0.1, -0.05) is 18.2 Å². The van der Waals surface area contributed by atoms with Crippen molar-refractivity contribution >= 4 is 58.0 Å². The molecule has 0 amide bonds. The van der Waals surface area contributed by atoms with Gasteiger partial charge in [0.1, 0.15) is 0 Å². The Morgan fingerprint density at radius 3 is 0.676 bits per heavy atom. The monoisotopic (exact) mass is 612 g/mol. The Morgan fingerprint density at radius 1 is 0.441 bits per heavy atom. The van der Waals surface area contributed by atoms with E-state index in [4.69, 9.17) is 92.7 Å². The second kappa shape index (κ2) is 18.4. The molecule has 206 valence electrons. The van der Waals surface area contributed by atoms with Crippen LogP contribution in [0.1, 0.15) is 10.4 Å². The molecule has 34 heavy (non-hydrogen) atoms. The molecule has 0 spiro atoms. The molecule has 0 aliphatic carbocycles. The average Bonchev–Trinajstić information content (AvgIpc) is 2.39. The first-order valence-electron chi connectivity index (χ1n) is 6.08. The maximum Gasteiger partial charge on any atom is 0.394 e. The fourth-order valence-corrected chi connectivity index (χ4v) is 0.581. The SMILES string of the molecule is O=C(O)c1ccccc1.O=S(=O)(O)O.O=S(=O)(O)O.O=S(=O)(O)O.O=S(=O)(O)O.O=S(=O)(O)O.